The fraction of sp³-hybridized carbons (Fsp3) is 0.900. The van der Waals surface area contributed by atoms with E-state index in [1.807, 2.05) is 0 Å². The summed E-state index contributed by atoms with van der Waals surface area (Å²) in [5.74, 6) is 0. The van der Waals surface area contributed by atoms with Gasteiger partial charge < -0.3 is 9.64 Å². The Morgan fingerprint density at radius 3 is 2.71 bits per heavy atom. The van der Waals surface area contributed by atoms with Gasteiger partial charge in [-0.3, -0.25) is 0 Å². The molecular formula is C10H17FN4O2. The number of carbonyl (C=O) groups excluding carboxylic acids is 1. The van der Waals surface area contributed by atoms with Gasteiger partial charge in [-0.25, -0.2) is 9.18 Å². The van der Waals surface area contributed by atoms with Crippen molar-refractivity contribution in [2.24, 2.45) is 5.11 Å². The van der Waals surface area contributed by atoms with E-state index in [2.05, 4.69) is 10.0 Å². The molecule has 2 atom stereocenters. The largest absolute Gasteiger partial charge is 0.444 e. The van der Waals surface area contributed by atoms with Crippen molar-refractivity contribution >= 4 is 6.09 Å². The number of carbonyl (C=O) groups is 1. The molecule has 0 N–H and O–H groups in total. The average Bonchev–Trinajstić information content (AvgIpc) is 2.18. The van der Waals surface area contributed by atoms with Crippen LogP contribution in [0.15, 0.2) is 5.11 Å². The van der Waals surface area contributed by atoms with Crippen molar-refractivity contribution in [1.82, 2.24) is 4.90 Å². The third-order valence-electron chi connectivity index (χ3n) is 2.36. The highest BCUT2D eigenvalue weighted by Crippen LogP contribution is 2.19. The lowest BCUT2D eigenvalue weighted by molar-refractivity contribution is 0.0116. The van der Waals surface area contributed by atoms with Gasteiger partial charge in [0.15, 0.2) is 0 Å². The molecule has 0 saturated carbocycles. The van der Waals surface area contributed by atoms with Crippen molar-refractivity contribution in [3.63, 3.8) is 0 Å². The summed E-state index contributed by atoms with van der Waals surface area (Å²) in [6, 6.07) is -0.682. The molecule has 96 valence electrons. The molecule has 0 aromatic heterocycles. The molecule has 0 aromatic rings. The van der Waals surface area contributed by atoms with E-state index in [9.17, 15) is 9.18 Å². The second-order valence-electron chi connectivity index (χ2n) is 5.00. The molecule has 1 aliphatic rings. The maximum atomic E-state index is 13.6. The molecule has 0 spiro atoms. The van der Waals surface area contributed by atoms with E-state index >= 15 is 0 Å². The van der Waals surface area contributed by atoms with Gasteiger partial charge in [0, 0.05) is 11.5 Å². The number of ether oxygens (including phenoxy) is 1. The first kappa shape index (κ1) is 13.6. The van der Waals surface area contributed by atoms with E-state index in [1.54, 1.807) is 20.8 Å². The van der Waals surface area contributed by atoms with Crippen LogP contribution in [0.5, 0.6) is 0 Å². The topological polar surface area (TPSA) is 78.3 Å². The minimum Gasteiger partial charge on any atom is -0.444 e. The second-order valence-corrected chi connectivity index (χ2v) is 5.00. The number of piperidine rings is 1. The number of halogens is 1. The number of azide groups is 1. The molecule has 1 rings (SSSR count). The molecule has 0 aromatic carbocycles. The number of alkyl halides is 1. The highest BCUT2D eigenvalue weighted by molar-refractivity contribution is 5.68. The fourth-order valence-corrected chi connectivity index (χ4v) is 1.58. The summed E-state index contributed by atoms with van der Waals surface area (Å²) in [4.78, 5) is 15.6. The Morgan fingerprint density at radius 2 is 2.24 bits per heavy atom. The zero-order chi connectivity index (χ0) is 13.1. The van der Waals surface area contributed by atoms with Crippen LogP contribution in [0, 0.1) is 0 Å². The summed E-state index contributed by atoms with van der Waals surface area (Å²) in [6.07, 6.45) is -1.53. The molecule has 17 heavy (non-hydrogen) atoms. The zero-order valence-corrected chi connectivity index (χ0v) is 10.3. The Morgan fingerprint density at radius 1 is 1.59 bits per heavy atom. The summed E-state index contributed by atoms with van der Waals surface area (Å²) in [6.45, 7) is 5.53. The van der Waals surface area contributed by atoms with Crippen molar-refractivity contribution in [2.45, 2.75) is 45.0 Å². The number of rotatable bonds is 1. The Hall–Kier alpha value is -1.49. The van der Waals surface area contributed by atoms with E-state index in [1.165, 1.54) is 4.90 Å². The predicted octanol–water partition coefficient (Wildman–Crippen LogP) is 2.64. The molecule has 1 aliphatic heterocycles. The number of likely N-dealkylation sites (tertiary alicyclic amines) is 1. The van der Waals surface area contributed by atoms with Crippen LogP contribution in [0.2, 0.25) is 0 Å². The van der Waals surface area contributed by atoms with Crippen molar-refractivity contribution in [3.05, 3.63) is 10.4 Å². The smallest absolute Gasteiger partial charge is 0.410 e. The molecular weight excluding hydrogens is 227 g/mol. The molecule has 6 nitrogen and oxygen atoms in total. The first-order chi connectivity index (χ1) is 7.83. The quantitative estimate of drug-likeness (QED) is 0.404. The number of hydrogen-bond acceptors (Lipinski definition) is 3. The lowest BCUT2D eigenvalue weighted by Gasteiger charge is -2.33. The molecule has 0 bridgehead atoms. The normalized spacial score (nSPS) is 25.1. The summed E-state index contributed by atoms with van der Waals surface area (Å²) in [5, 5.41) is 3.36. The van der Waals surface area contributed by atoms with Crippen LogP contribution in [-0.2, 0) is 4.74 Å². The summed E-state index contributed by atoms with van der Waals surface area (Å²) in [5.41, 5.74) is 7.66. The van der Waals surface area contributed by atoms with Gasteiger partial charge in [0.05, 0.1) is 12.6 Å². The molecule has 7 heteroatoms. The summed E-state index contributed by atoms with van der Waals surface area (Å²) in [7, 11) is 0. The predicted molar refractivity (Wildman–Crippen MR) is 60.3 cm³/mol. The molecule has 0 aliphatic carbocycles. The van der Waals surface area contributed by atoms with Gasteiger partial charge in [-0.05, 0) is 32.7 Å². The summed E-state index contributed by atoms with van der Waals surface area (Å²) < 4.78 is 18.7. The molecule has 1 fully saturated rings. The first-order valence-electron chi connectivity index (χ1n) is 5.49. The Kier molecular flexibility index (Phi) is 4.17. The van der Waals surface area contributed by atoms with Gasteiger partial charge in [-0.1, -0.05) is 5.11 Å². The molecule has 0 unspecified atom stereocenters. The monoisotopic (exact) mass is 244 g/mol. The van der Waals surface area contributed by atoms with Crippen LogP contribution >= 0.6 is 0 Å². The minimum atomic E-state index is -1.33. The Bertz CT molecular complexity index is 336. The van der Waals surface area contributed by atoms with E-state index < -0.39 is 23.9 Å². The minimum absolute atomic E-state index is 0.0847. The Labute approximate surface area is 99.4 Å². The first-order valence-corrected chi connectivity index (χ1v) is 5.49. The van der Waals surface area contributed by atoms with Crippen LogP contribution in [0.3, 0.4) is 0 Å². The summed E-state index contributed by atoms with van der Waals surface area (Å²) >= 11 is 0. The molecule has 1 saturated heterocycles. The van der Waals surface area contributed by atoms with Crippen molar-refractivity contribution in [1.29, 1.82) is 0 Å². The van der Waals surface area contributed by atoms with Gasteiger partial charge in [-0.2, -0.15) is 0 Å². The third-order valence-corrected chi connectivity index (χ3v) is 2.36. The number of hydrogen-bond donors (Lipinski definition) is 0. The lowest BCUT2D eigenvalue weighted by Crippen LogP contribution is -2.48. The van der Waals surface area contributed by atoms with Gasteiger partial charge in [-0.15, -0.1) is 0 Å². The van der Waals surface area contributed by atoms with Crippen LogP contribution in [0.25, 0.3) is 10.4 Å². The zero-order valence-electron chi connectivity index (χ0n) is 10.3. The lowest BCUT2D eigenvalue weighted by atomic mass is 10.0. The Balaban J connectivity index is 2.55. The number of amides is 1. The van der Waals surface area contributed by atoms with Gasteiger partial charge in [0.1, 0.15) is 11.8 Å². The van der Waals surface area contributed by atoms with Gasteiger partial charge >= 0.3 is 6.09 Å². The maximum absolute atomic E-state index is 13.6. The SMILES string of the molecule is CC(C)(C)OC(=O)N1CC[C@@H](N=[N+]=[N-])[C@@H](F)C1. The van der Waals surface area contributed by atoms with Gasteiger partial charge in [0.2, 0.25) is 0 Å². The van der Waals surface area contributed by atoms with E-state index in [-0.39, 0.29) is 6.54 Å². The second kappa shape index (κ2) is 5.23. The van der Waals surface area contributed by atoms with Crippen molar-refractivity contribution < 1.29 is 13.9 Å². The standard InChI is InChI=1S/C10H17FN4O2/c1-10(2,3)17-9(16)15-5-4-8(13-14-12)7(11)6-15/h7-8H,4-6H2,1-3H3/t7-,8+/m0/s1. The highest BCUT2D eigenvalue weighted by atomic mass is 19.1. The van der Waals surface area contributed by atoms with E-state index in [0.29, 0.717) is 13.0 Å². The number of nitrogens with zero attached hydrogens (tertiary/aromatic N) is 4. The van der Waals surface area contributed by atoms with Gasteiger partial charge in [0.25, 0.3) is 0 Å². The van der Waals surface area contributed by atoms with Crippen molar-refractivity contribution in [2.75, 3.05) is 13.1 Å². The van der Waals surface area contributed by atoms with Crippen LogP contribution in [0.4, 0.5) is 9.18 Å². The molecule has 1 amide bonds. The highest BCUT2D eigenvalue weighted by Gasteiger charge is 2.32. The van der Waals surface area contributed by atoms with Crippen LogP contribution < -0.4 is 0 Å². The third kappa shape index (κ3) is 4.11. The maximum Gasteiger partial charge on any atom is 0.410 e. The van der Waals surface area contributed by atoms with Crippen LogP contribution in [0.1, 0.15) is 27.2 Å². The average molecular weight is 244 g/mol. The molecule has 1 heterocycles. The molecule has 0 radical (unpaired) electrons. The van der Waals surface area contributed by atoms with Crippen LogP contribution in [-0.4, -0.2) is 41.9 Å². The van der Waals surface area contributed by atoms with E-state index in [4.69, 9.17) is 10.3 Å². The van der Waals surface area contributed by atoms with E-state index in [0.717, 1.165) is 0 Å². The van der Waals surface area contributed by atoms with Crippen molar-refractivity contribution in [3.8, 4) is 0 Å². The fourth-order valence-electron chi connectivity index (χ4n) is 1.58.